The van der Waals surface area contributed by atoms with Gasteiger partial charge in [0, 0.05) is 11.5 Å². The number of halogens is 2. The molecule has 1 aliphatic carbocycles. The Kier molecular flexibility index (Phi) is 4.85. The van der Waals surface area contributed by atoms with Crippen LogP contribution in [0.4, 0.5) is 0 Å². The second kappa shape index (κ2) is 6.85. The zero-order valence-electron chi connectivity index (χ0n) is 12.3. The fraction of sp³-hybridized carbons (Fsp3) is 0.316. The van der Waals surface area contributed by atoms with Gasteiger partial charge in [-0.05, 0) is 36.1 Å². The van der Waals surface area contributed by atoms with E-state index in [0.717, 1.165) is 42.4 Å². The van der Waals surface area contributed by atoms with E-state index in [-0.39, 0.29) is 11.7 Å². The van der Waals surface area contributed by atoms with Crippen LogP contribution < -0.4 is 0 Å². The minimum atomic E-state index is 0.165. The van der Waals surface area contributed by atoms with Crippen molar-refractivity contribution in [3.8, 4) is 11.1 Å². The number of benzene rings is 2. The highest BCUT2D eigenvalue weighted by atomic mass is 35.5. The van der Waals surface area contributed by atoms with Crippen LogP contribution in [0.1, 0.15) is 42.5 Å². The fourth-order valence-corrected chi connectivity index (χ4v) is 3.50. The Morgan fingerprint density at radius 1 is 0.909 bits per heavy atom. The van der Waals surface area contributed by atoms with Gasteiger partial charge in [-0.2, -0.15) is 0 Å². The molecule has 0 spiro atoms. The van der Waals surface area contributed by atoms with E-state index >= 15 is 0 Å². The Labute approximate surface area is 141 Å². The summed E-state index contributed by atoms with van der Waals surface area (Å²) >= 11 is 12.1. The Morgan fingerprint density at radius 3 is 2.36 bits per heavy atom. The molecule has 3 rings (SSSR count). The molecule has 0 heterocycles. The highest BCUT2D eigenvalue weighted by Gasteiger charge is 2.24. The fourth-order valence-electron chi connectivity index (χ4n) is 3.20. The van der Waals surface area contributed by atoms with Crippen LogP contribution in [-0.2, 0) is 0 Å². The number of ketones is 1. The Morgan fingerprint density at radius 2 is 1.64 bits per heavy atom. The normalized spacial score (nSPS) is 15.7. The van der Waals surface area contributed by atoms with E-state index < -0.39 is 0 Å². The van der Waals surface area contributed by atoms with Crippen LogP contribution in [0.25, 0.3) is 11.1 Å². The van der Waals surface area contributed by atoms with Crippen molar-refractivity contribution < 1.29 is 4.79 Å². The van der Waals surface area contributed by atoms with Gasteiger partial charge < -0.3 is 0 Å². The first-order chi connectivity index (χ1) is 10.7. The van der Waals surface area contributed by atoms with Gasteiger partial charge in [-0.25, -0.2) is 0 Å². The molecular weight excluding hydrogens is 315 g/mol. The Bertz CT molecular complexity index is 688. The number of hydrogen-bond acceptors (Lipinski definition) is 1. The summed E-state index contributed by atoms with van der Waals surface area (Å²) in [5.74, 6) is 0.430. The summed E-state index contributed by atoms with van der Waals surface area (Å²) in [5, 5.41) is 1.04. The van der Waals surface area contributed by atoms with E-state index in [9.17, 15) is 4.79 Å². The Hall–Kier alpha value is -1.31. The maximum Gasteiger partial charge on any atom is 0.166 e. The third-order valence-corrected chi connectivity index (χ3v) is 5.14. The first kappa shape index (κ1) is 15.6. The second-order valence-corrected chi connectivity index (χ2v) is 6.69. The molecule has 0 aliphatic heterocycles. The topological polar surface area (TPSA) is 17.1 Å². The van der Waals surface area contributed by atoms with Crippen molar-refractivity contribution in [3.05, 3.63) is 58.1 Å². The lowest BCUT2D eigenvalue weighted by Crippen LogP contribution is -2.18. The van der Waals surface area contributed by atoms with Gasteiger partial charge >= 0.3 is 0 Å². The third-order valence-electron chi connectivity index (χ3n) is 4.40. The molecular formula is C19H18Cl2O. The molecule has 3 heteroatoms. The van der Waals surface area contributed by atoms with E-state index in [2.05, 4.69) is 0 Å². The minimum absolute atomic E-state index is 0.165. The first-order valence-corrected chi connectivity index (χ1v) is 8.51. The summed E-state index contributed by atoms with van der Waals surface area (Å²) < 4.78 is 0. The van der Waals surface area contributed by atoms with Gasteiger partial charge in [-0.1, -0.05) is 72.8 Å². The maximum atomic E-state index is 12.9. The van der Waals surface area contributed by atoms with Crippen molar-refractivity contribution in [2.75, 3.05) is 0 Å². The monoisotopic (exact) mass is 332 g/mol. The summed E-state index contributed by atoms with van der Waals surface area (Å²) in [5.41, 5.74) is 2.68. The van der Waals surface area contributed by atoms with Crippen molar-refractivity contribution in [1.29, 1.82) is 0 Å². The molecule has 0 amide bonds. The van der Waals surface area contributed by atoms with Crippen LogP contribution in [0, 0.1) is 5.92 Å². The first-order valence-electron chi connectivity index (χ1n) is 7.75. The van der Waals surface area contributed by atoms with Crippen molar-refractivity contribution in [2.45, 2.75) is 32.1 Å². The molecule has 2 aromatic rings. The third kappa shape index (κ3) is 3.21. The van der Waals surface area contributed by atoms with Crippen LogP contribution in [-0.4, -0.2) is 5.78 Å². The molecule has 22 heavy (non-hydrogen) atoms. The van der Waals surface area contributed by atoms with Gasteiger partial charge in [0.1, 0.15) is 0 Å². The highest BCUT2D eigenvalue weighted by Crippen LogP contribution is 2.33. The highest BCUT2D eigenvalue weighted by molar-refractivity contribution is 6.42. The predicted molar refractivity (Wildman–Crippen MR) is 92.8 cm³/mol. The molecule has 114 valence electrons. The average Bonchev–Trinajstić information content (AvgIpc) is 2.57. The second-order valence-electron chi connectivity index (χ2n) is 5.87. The number of rotatable bonds is 3. The van der Waals surface area contributed by atoms with Gasteiger partial charge in [0.15, 0.2) is 5.78 Å². The van der Waals surface area contributed by atoms with Crippen LogP contribution in [0.2, 0.25) is 10.0 Å². The molecule has 2 aromatic carbocycles. The van der Waals surface area contributed by atoms with E-state index in [1.807, 2.05) is 36.4 Å². The van der Waals surface area contributed by atoms with E-state index in [0.29, 0.717) is 10.0 Å². The molecule has 0 atom stereocenters. The largest absolute Gasteiger partial charge is 0.294 e. The van der Waals surface area contributed by atoms with Crippen molar-refractivity contribution >= 4 is 29.0 Å². The van der Waals surface area contributed by atoms with Gasteiger partial charge in [0.05, 0.1) is 10.0 Å². The molecule has 1 nitrogen and oxygen atoms in total. The predicted octanol–water partition coefficient (Wildman–Crippen LogP) is 6.42. The summed E-state index contributed by atoms with van der Waals surface area (Å²) in [6.45, 7) is 0. The zero-order valence-corrected chi connectivity index (χ0v) is 13.8. The number of carbonyl (C=O) groups is 1. The lowest BCUT2D eigenvalue weighted by atomic mass is 9.82. The lowest BCUT2D eigenvalue weighted by Gasteiger charge is -2.21. The molecule has 1 aliphatic rings. The maximum absolute atomic E-state index is 12.9. The lowest BCUT2D eigenvalue weighted by molar-refractivity contribution is 0.0890. The van der Waals surface area contributed by atoms with E-state index in [4.69, 9.17) is 23.2 Å². The quantitative estimate of drug-likeness (QED) is 0.592. The summed E-state index contributed by atoms with van der Waals surface area (Å²) in [4.78, 5) is 12.9. The minimum Gasteiger partial charge on any atom is -0.294 e. The van der Waals surface area contributed by atoms with Crippen molar-refractivity contribution in [3.63, 3.8) is 0 Å². The summed E-state index contributed by atoms with van der Waals surface area (Å²) in [6, 6.07) is 13.3. The van der Waals surface area contributed by atoms with Gasteiger partial charge in [0.2, 0.25) is 0 Å². The molecule has 0 aromatic heterocycles. The van der Waals surface area contributed by atoms with Gasteiger partial charge in [0.25, 0.3) is 0 Å². The van der Waals surface area contributed by atoms with Crippen LogP contribution in [0.5, 0.6) is 0 Å². The van der Waals surface area contributed by atoms with Crippen LogP contribution in [0.3, 0.4) is 0 Å². The van der Waals surface area contributed by atoms with Crippen LogP contribution >= 0.6 is 23.2 Å². The molecule has 0 saturated heterocycles. The Balaban J connectivity index is 1.98. The standard InChI is InChI=1S/C19H18Cl2O/c20-17-11-10-14(12-18(17)21)15-8-4-5-9-16(15)19(22)13-6-2-1-3-7-13/h4-5,8-13H,1-3,6-7H2. The molecule has 0 unspecified atom stereocenters. The smallest absolute Gasteiger partial charge is 0.166 e. The van der Waals surface area contributed by atoms with E-state index in [1.165, 1.54) is 6.42 Å². The average molecular weight is 333 g/mol. The van der Waals surface area contributed by atoms with Crippen molar-refractivity contribution in [2.24, 2.45) is 5.92 Å². The number of hydrogen-bond donors (Lipinski definition) is 0. The molecule has 1 saturated carbocycles. The SMILES string of the molecule is O=C(c1ccccc1-c1ccc(Cl)c(Cl)c1)C1CCCCC1. The molecule has 1 fully saturated rings. The van der Waals surface area contributed by atoms with Gasteiger partial charge in [-0.15, -0.1) is 0 Å². The number of carbonyl (C=O) groups excluding carboxylic acids is 1. The zero-order chi connectivity index (χ0) is 15.5. The summed E-state index contributed by atoms with van der Waals surface area (Å²) in [7, 11) is 0. The van der Waals surface area contributed by atoms with Crippen molar-refractivity contribution in [1.82, 2.24) is 0 Å². The summed E-state index contributed by atoms with van der Waals surface area (Å²) in [6.07, 6.45) is 5.58. The van der Waals surface area contributed by atoms with E-state index in [1.54, 1.807) is 6.07 Å². The van der Waals surface area contributed by atoms with Gasteiger partial charge in [-0.3, -0.25) is 4.79 Å². The molecule has 0 bridgehead atoms. The number of Topliss-reactive ketones (excluding diaryl/α,β-unsaturated/α-hetero) is 1. The molecule has 0 N–H and O–H groups in total. The van der Waals surface area contributed by atoms with Crippen LogP contribution in [0.15, 0.2) is 42.5 Å². The molecule has 0 radical (unpaired) electrons.